The summed E-state index contributed by atoms with van der Waals surface area (Å²) >= 11 is 0. The molecule has 0 aliphatic rings. The highest BCUT2D eigenvalue weighted by Crippen LogP contribution is 0.900. The Bertz CT molecular complexity index is 29.1. The zero-order valence-electron chi connectivity index (χ0n) is 2.42. The van der Waals surface area contributed by atoms with E-state index in [2.05, 4.69) is 5.73 Å². The molecule has 0 atom stereocenters. The third-order valence-corrected chi connectivity index (χ3v) is 0. The molecule has 0 fully saturated rings. The average Bonchev–Trinajstić information content (AvgIpc) is 1.46. The van der Waals surface area contributed by atoms with E-state index in [1.807, 2.05) is 0 Å². The Balaban J connectivity index is 0. The van der Waals surface area contributed by atoms with Crippen LogP contribution >= 0.6 is 0 Å². The van der Waals surface area contributed by atoms with Crippen LogP contribution in [0.2, 0.25) is 0 Å². The number of rotatable bonds is 0. The molecule has 0 amide bonds. The molecule has 4 N–H and O–H groups in total. The van der Waals surface area contributed by atoms with E-state index in [4.69, 9.17) is 15.8 Å². The van der Waals surface area contributed by atoms with Gasteiger partial charge in [-0.25, -0.2) is 0 Å². The molecule has 4 heteroatoms. The van der Waals surface area contributed by atoms with Crippen LogP contribution in [0.15, 0.2) is 0 Å². The van der Waals surface area contributed by atoms with Crippen LogP contribution in [0.3, 0.4) is 0 Å². The van der Waals surface area contributed by atoms with Crippen molar-refractivity contribution in [3.63, 3.8) is 0 Å². The highest BCUT2D eigenvalue weighted by molar-refractivity contribution is 4.46. The summed E-state index contributed by atoms with van der Waals surface area (Å²) in [5, 5.41) is 19.1. The maximum atomic E-state index is 7.10. The first-order valence-electron chi connectivity index (χ1n) is 0.712. The zero-order chi connectivity index (χ0) is 4.71. The van der Waals surface area contributed by atoms with Gasteiger partial charge >= 0.3 is 0 Å². The molecule has 0 radical (unpaired) electrons. The number of nitriles is 1. The molecular weight excluding hydrogens is 72.0 g/mol. The number of hydrogen-bond donors (Lipinski definition) is 3. The molecule has 0 saturated carbocycles. The van der Waals surface area contributed by atoms with Crippen molar-refractivity contribution in [2.24, 2.45) is 5.73 Å². The number of hydrogen-bond acceptors (Lipinski definition) is 4. The average molecular weight is 76.1 g/mol. The van der Waals surface area contributed by atoms with Gasteiger partial charge in [-0.2, -0.15) is 5.26 Å². The SMILES string of the molecule is N#CN.OO. The molecule has 0 saturated heterocycles. The summed E-state index contributed by atoms with van der Waals surface area (Å²) in [5.74, 6) is 0. The summed E-state index contributed by atoms with van der Waals surface area (Å²) < 4.78 is 0. The third kappa shape index (κ3) is 7.53. The van der Waals surface area contributed by atoms with Crippen LogP contribution in [-0.2, 0) is 0 Å². The fourth-order valence-electron chi connectivity index (χ4n) is 0. The summed E-state index contributed by atoms with van der Waals surface area (Å²) in [6.45, 7) is 0. The predicted octanol–water partition coefficient (Wildman–Crippen LogP) is -0.556. The standard InChI is InChI=1S/CH2N2.H2O2/c2-1-3;1-2/h2H2;1-2H. The quantitative estimate of drug-likeness (QED) is 0.156. The first-order valence-corrected chi connectivity index (χ1v) is 0.712. The van der Waals surface area contributed by atoms with Gasteiger partial charge in [0.15, 0.2) is 6.19 Å². The molecule has 0 aromatic heterocycles. The summed E-state index contributed by atoms with van der Waals surface area (Å²) in [5.41, 5.74) is 4.15. The van der Waals surface area contributed by atoms with Gasteiger partial charge in [0.1, 0.15) is 0 Å². The monoisotopic (exact) mass is 76.0 g/mol. The largest absolute Gasteiger partial charge is 0.337 e. The topological polar surface area (TPSA) is 90.3 Å². The second-order valence-electron chi connectivity index (χ2n) is 0.129. The van der Waals surface area contributed by atoms with Crippen LogP contribution in [-0.4, -0.2) is 10.5 Å². The van der Waals surface area contributed by atoms with Crippen molar-refractivity contribution in [2.45, 2.75) is 0 Å². The zero-order valence-corrected chi connectivity index (χ0v) is 2.42. The summed E-state index contributed by atoms with van der Waals surface area (Å²) in [4.78, 5) is 0. The lowest BCUT2D eigenvalue weighted by atomic mass is 11.5. The van der Waals surface area contributed by atoms with Gasteiger partial charge in [0, 0.05) is 0 Å². The smallest absolute Gasteiger partial charge is 0.173 e. The van der Waals surface area contributed by atoms with Crippen LogP contribution in [0, 0.1) is 11.5 Å². The van der Waals surface area contributed by atoms with Crippen molar-refractivity contribution in [2.75, 3.05) is 0 Å². The molecular formula is CH4N2O2. The summed E-state index contributed by atoms with van der Waals surface area (Å²) in [6.07, 6.45) is 1.25. The molecule has 0 aliphatic heterocycles. The Labute approximate surface area is 29.0 Å². The van der Waals surface area contributed by atoms with Gasteiger partial charge in [-0.3, -0.25) is 10.5 Å². The molecule has 0 aromatic rings. The Morgan fingerprint density at radius 3 is 1.60 bits per heavy atom. The fourth-order valence-corrected chi connectivity index (χ4v) is 0. The third-order valence-electron chi connectivity index (χ3n) is 0. The van der Waals surface area contributed by atoms with Crippen LogP contribution in [0.1, 0.15) is 0 Å². The molecule has 0 rings (SSSR count). The second kappa shape index (κ2) is 356. The maximum Gasteiger partial charge on any atom is 0.173 e. The van der Waals surface area contributed by atoms with Crippen LogP contribution in [0.4, 0.5) is 0 Å². The van der Waals surface area contributed by atoms with Crippen LogP contribution < -0.4 is 5.73 Å². The summed E-state index contributed by atoms with van der Waals surface area (Å²) in [7, 11) is 0. The second-order valence-corrected chi connectivity index (χ2v) is 0.129. The highest BCUT2D eigenvalue weighted by Gasteiger charge is 1.12. The number of nitrogens with two attached hydrogens (primary N) is 1. The Kier molecular flexibility index (Phi) is 632. The molecule has 0 unspecified atom stereocenters. The molecule has 0 aromatic carbocycles. The molecule has 5 heavy (non-hydrogen) atoms. The minimum Gasteiger partial charge on any atom is -0.337 e. The van der Waals surface area contributed by atoms with Crippen molar-refractivity contribution in [1.29, 1.82) is 5.26 Å². The van der Waals surface area contributed by atoms with E-state index < -0.39 is 0 Å². The number of nitrogens with zero attached hydrogens (tertiary/aromatic N) is 1. The first-order chi connectivity index (χ1) is 2.41. The molecule has 4 nitrogen and oxygen atoms in total. The van der Waals surface area contributed by atoms with Crippen molar-refractivity contribution >= 4 is 0 Å². The van der Waals surface area contributed by atoms with Gasteiger partial charge in [-0.15, -0.1) is 0 Å². The van der Waals surface area contributed by atoms with Crippen molar-refractivity contribution in [1.82, 2.24) is 0 Å². The van der Waals surface area contributed by atoms with E-state index in [0.29, 0.717) is 0 Å². The van der Waals surface area contributed by atoms with E-state index in [0.717, 1.165) is 0 Å². The van der Waals surface area contributed by atoms with Crippen molar-refractivity contribution in [3.05, 3.63) is 0 Å². The van der Waals surface area contributed by atoms with Gasteiger partial charge in [-0.05, 0) is 0 Å². The van der Waals surface area contributed by atoms with E-state index in [1.54, 1.807) is 0 Å². The van der Waals surface area contributed by atoms with E-state index >= 15 is 0 Å². The van der Waals surface area contributed by atoms with Gasteiger partial charge in [0.25, 0.3) is 0 Å². The Hall–Kier alpha value is -0.790. The van der Waals surface area contributed by atoms with E-state index in [-0.39, 0.29) is 0 Å². The van der Waals surface area contributed by atoms with E-state index in [1.165, 1.54) is 6.19 Å². The highest BCUT2D eigenvalue weighted by atomic mass is 17.0. The molecule has 0 spiro atoms. The van der Waals surface area contributed by atoms with Gasteiger partial charge in [0.2, 0.25) is 0 Å². The van der Waals surface area contributed by atoms with Gasteiger partial charge < -0.3 is 5.73 Å². The lowest BCUT2D eigenvalue weighted by molar-refractivity contribution is -0.176. The van der Waals surface area contributed by atoms with E-state index in [9.17, 15) is 0 Å². The maximum absolute atomic E-state index is 7.10. The molecule has 30 valence electrons. The minimum atomic E-state index is 1.25. The van der Waals surface area contributed by atoms with Crippen LogP contribution in [0.25, 0.3) is 0 Å². The summed E-state index contributed by atoms with van der Waals surface area (Å²) in [6, 6.07) is 0. The van der Waals surface area contributed by atoms with Crippen molar-refractivity contribution in [3.8, 4) is 6.19 Å². The lowest BCUT2D eigenvalue weighted by Crippen LogP contribution is -1.69. The molecule has 0 heterocycles. The molecule has 0 aliphatic carbocycles. The minimum absolute atomic E-state index is 1.25. The first kappa shape index (κ1) is 8.88. The normalized spacial score (nSPS) is 2.60. The predicted molar refractivity (Wildman–Crippen MR) is 15.1 cm³/mol. The molecule has 0 bridgehead atoms. The van der Waals surface area contributed by atoms with Gasteiger partial charge in [-0.1, -0.05) is 0 Å². The van der Waals surface area contributed by atoms with Crippen molar-refractivity contribution < 1.29 is 10.5 Å². The van der Waals surface area contributed by atoms with Gasteiger partial charge in [0.05, 0.1) is 0 Å². The Morgan fingerprint density at radius 1 is 1.60 bits per heavy atom. The van der Waals surface area contributed by atoms with Crippen LogP contribution in [0.5, 0.6) is 0 Å². The fraction of sp³-hybridized carbons (Fsp3) is 0. The lowest BCUT2D eigenvalue weighted by Gasteiger charge is -1.25. The Morgan fingerprint density at radius 2 is 1.60 bits per heavy atom.